The predicted octanol–water partition coefficient (Wildman–Crippen LogP) is 3.39. The summed E-state index contributed by atoms with van der Waals surface area (Å²) in [5.74, 6) is -0.0465. The van der Waals surface area contributed by atoms with Crippen molar-refractivity contribution in [3.05, 3.63) is 65.2 Å². The van der Waals surface area contributed by atoms with Crippen LogP contribution in [-0.4, -0.2) is 52.9 Å². The summed E-state index contributed by atoms with van der Waals surface area (Å²) in [5.41, 5.74) is 3.44. The van der Waals surface area contributed by atoms with Gasteiger partial charge in [-0.2, -0.15) is 0 Å². The highest BCUT2D eigenvalue weighted by Crippen LogP contribution is 2.42. The van der Waals surface area contributed by atoms with Gasteiger partial charge in [0.2, 0.25) is 5.91 Å². The quantitative estimate of drug-likeness (QED) is 0.594. The van der Waals surface area contributed by atoms with Crippen LogP contribution in [-0.2, 0) is 20.9 Å². The van der Waals surface area contributed by atoms with Crippen LogP contribution >= 0.6 is 0 Å². The summed E-state index contributed by atoms with van der Waals surface area (Å²) in [6.07, 6.45) is 1.21. The molecule has 4 rings (SSSR count). The van der Waals surface area contributed by atoms with Crippen molar-refractivity contribution >= 4 is 11.6 Å². The van der Waals surface area contributed by atoms with E-state index in [4.69, 9.17) is 9.47 Å². The van der Waals surface area contributed by atoms with E-state index in [0.717, 1.165) is 42.6 Å². The number of anilines is 1. The number of carbonyl (C=O) groups is 1. The number of carbonyl (C=O) groups excluding carboxylic acids is 1. The molecule has 2 aromatic carbocycles. The molecule has 0 unspecified atom stereocenters. The van der Waals surface area contributed by atoms with Gasteiger partial charge in [0, 0.05) is 36.7 Å². The fraction of sp³-hybridized carbons (Fsp3) is 0.500. The number of nitrogens with zero attached hydrogens (tertiary/aromatic N) is 1. The molecule has 178 valence electrons. The predicted molar refractivity (Wildman–Crippen MR) is 125 cm³/mol. The first kappa shape index (κ1) is 23.9. The van der Waals surface area contributed by atoms with Crippen LogP contribution in [0.1, 0.15) is 55.8 Å². The molecule has 33 heavy (non-hydrogen) atoms. The average molecular weight is 455 g/mol. The second-order valence-corrected chi connectivity index (χ2v) is 9.10. The van der Waals surface area contributed by atoms with Gasteiger partial charge in [0.25, 0.3) is 0 Å². The second kappa shape index (κ2) is 10.8. The highest BCUT2D eigenvalue weighted by atomic mass is 16.7. The van der Waals surface area contributed by atoms with E-state index in [9.17, 15) is 15.0 Å². The first-order valence-corrected chi connectivity index (χ1v) is 11.7. The van der Waals surface area contributed by atoms with E-state index in [1.165, 1.54) is 6.92 Å². The van der Waals surface area contributed by atoms with Crippen LogP contribution in [0.4, 0.5) is 5.69 Å². The molecule has 2 aliphatic heterocycles. The summed E-state index contributed by atoms with van der Waals surface area (Å²) >= 11 is 0. The third kappa shape index (κ3) is 5.62. The largest absolute Gasteiger partial charge is 0.395 e. The first-order chi connectivity index (χ1) is 16.0. The van der Waals surface area contributed by atoms with Crippen molar-refractivity contribution in [2.45, 2.75) is 57.8 Å². The highest BCUT2D eigenvalue weighted by molar-refractivity contribution is 5.88. The molecule has 0 bridgehead atoms. The molecule has 2 fully saturated rings. The number of likely N-dealkylation sites (tertiary alicyclic amines) is 1. The number of hydrogen-bond acceptors (Lipinski definition) is 6. The van der Waals surface area contributed by atoms with Gasteiger partial charge in [-0.3, -0.25) is 9.69 Å². The van der Waals surface area contributed by atoms with Gasteiger partial charge in [-0.1, -0.05) is 43.3 Å². The number of aliphatic hydroxyl groups excluding tert-OH is 2. The molecule has 2 saturated heterocycles. The van der Waals surface area contributed by atoms with E-state index in [-0.39, 0.29) is 43.3 Å². The summed E-state index contributed by atoms with van der Waals surface area (Å²) in [4.78, 5) is 13.8. The van der Waals surface area contributed by atoms with Crippen molar-refractivity contribution in [3.8, 4) is 0 Å². The van der Waals surface area contributed by atoms with Crippen LogP contribution in [0.15, 0.2) is 48.5 Å². The molecule has 0 spiro atoms. The van der Waals surface area contributed by atoms with Gasteiger partial charge >= 0.3 is 0 Å². The van der Waals surface area contributed by atoms with E-state index in [0.29, 0.717) is 5.69 Å². The van der Waals surface area contributed by atoms with Crippen molar-refractivity contribution in [2.75, 3.05) is 25.0 Å². The standard InChI is InChI=1S/C26H34N2O5/c1-17-24(14-28-12-4-7-23(28)16-30)32-26(21-5-3-6-22(13-21)27-18(2)31)33-25(17)20-10-8-19(15-29)9-11-20/h3,5-6,8-11,13,17,23-26,29-30H,4,7,12,14-16H2,1-2H3,(H,27,31)/t17-,23+,24+,25+,26+/m1/s1. The Kier molecular flexibility index (Phi) is 7.78. The highest BCUT2D eigenvalue weighted by Gasteiger charge is 2.40. The van der Waals surface area contributed by atoms with Gasteiger partial charge in [-0.25, -0.2) is 0 Å². The van der Waals surface area contributed by atoms with Crippen LogP contribution in [0.2, 0.25) is 0 Å². The lowest BCUT2D eigenvalue weighted by atomic mass is 9.90. The lowest BCUT2D eigenvalue weighted by Crippen LogP contribution is -2.46. The zero-order chi connectivity index (χ0) is 23.4. The van der Waals surface area contributed by atoms with Crippen LogP contribution in [0.25, 0.3) is 0 Å². The van der Waals surface area contributed by atoms with Crippen LogP contribution in [0.3, 0.4) is 0 Å². The Morgan fingerprint density at radius 2 is 1.91 bits per heavy atom. The van der Waals surface area contributed by atoms with Crippen molar-refractivity contribution in [1.82, 2.24) is 4.90 Å². The van der Waals surface area contributed by atoms with Crippen molar-refractivity contribution in [2.24, 2.45) is 5.92 Å². The third-order valence-corrected chi connectivity index (χ3v) is 6.73. The van der Waals surface area contributed by atoms with Gasteiger partial charge < -0.3 is 25.0 Å². The molecule has 2 aromatic rings. The molecule has 0 radical (unpaired) electrons. The normalized spacial score (nSPS) is 28.1. The van der Waals surface area contributed by atoms with E-state index >= 15 is 0 Å². The zero-order valence-electron chi connectivity index (χ0n) is 19.3. The Morgan fingerprint density at radius 1 is 1.12 bits per heavy atom. The Balaban J connectivity index is 1.61. The summed E-state index contributed by atoms with van der Waals surface area (Å²) in [7, 11) is 0. The Morgan fingerprint density at radius 3 is 2.61 bits per heavy atom. The van der Waals surface area contributed by atoms with Crippen molar-refractivity contribution in [1.29, 1.82) is 0 Å². The summed E-state index contributed by atoms with van der Waals surface area (Å²) < 4.78 is 13.0. The van der Waals surface area contributed by atoms with Gasteiger partial charge in [0.05, 0.1) is 25.4 Å². The molecule has 2 aliphatic rings. The van der Waals surface area contributed by atoms with Crippen LogP contribution in [0, 0.1) is 5.92 Å². The van der Waals surface area contributed by atoms with E-state index < -0.39 is 6.29 Å². The summed E-state index contributed by atoms with van der Waals surface area (Å²) in [6.45, 7) is 5.47. The fourth-order valence-corrected chi connectivity index (χ4v) is 4.87. The third-order valence-electron chi connectivity index (χ3n) is 6.73. The number of amides is 1. The Hall–Kier alpha value is -2.29. The van der Waals surface area contributed by atoms with Gasteiger partial charge in [-0.15, -0.1) is 0 Å². The number of nitrogens with one attached hydrogen (secondary N) is 1. The molecule has 2 heterocycles. The molecular weight excluding hydrogens is 420 g/mol. The van der Waals surface area contributed by atoms with Crippen molar-refractivity contribution in [3.63, 3.8) is 0 Å². The topological polar surface area (TPSA) is 91.3 Å². The smallest absolute Gasteiger partial charge is 0.221 e. The lowest BCUT2D eigenvalue weighted by molar-refractivity contribution is -0.276. The molecule has 3 N–H and O–H groups in total. The van der Waals surface area contributed by atoms with E-state index in [1.54, 1.807) is 0 Å². The maximum atomic E-state index is 11.5. The molecule has 7 nitrogen and oxygen atoms in total. The molecule has 0 aliphatic carbocycles. The summed E-state index contributed by atoms with van der Waals surface area (Å²) in [6, 6.07) is 15.6. The van der Waals surface area contributed by atoms with Gasteiger partial charge in [0.1, 0.15) is 0 Å². The monoisotopic (exact) mass is 454 g/mol. The number of rotatable bonds is 7. The Labute approximate surface area is 195 Å². The molecule has 1 amide bonds. The number of benzene rings is 2. The molecular formula is C26H34N2O5. The maximum absolute atomic E-state index is 11.5. The summed E-state index contributed by atoms with van der Waals surface area (Å²) in [5, 5.41) is 22.0. The number of ether oxygens (including phenoxy) is 2. The van der Waals surface area contributed by atoms with Gasteiger partial charge in [-0.05, 0) is 42.6 Å². The maximum Gasteiger partial charge on any atom is 0.221 e. The molecule has 0 saturated carbocycles. The zero-order valence-corrected chi connectivity index (χ0v) is 19.3. The van der Waals surface area contributed by atoms with Crippen molar-refractivity contribution < 1.29 is 24.5 Å². The first-order valence-electron chi connectivity index (χ1n) is 11.7. The Bertz CT molecular complexity index is 935. The lowest BCUT2D eigenvalue weighted by Gasteiger charge is -2.43. The van der Waals surface area contributed by atoms with Gasteiger partial charge in [0.15, 0.2) is 6.29 Å². The minimum Gasteiger partial charge on any atom is -0.395 e. The average Bonchev–Trinajstić information content (AvgIpc) is 3.27. The number of aliphatic hydroxyl groups is 2. The minimum atomic E-state index is -0.586. The minimum absolute atomic E-state index is 0.00314. The molecule has 7 heteroatoms. The van der Waals surface area contributed by atoms with E-state index in [1.807, 2.05) is 48.5 Å². The van der Waals surface area contributed by atoms with E-state index in [2.05, 4.69) is 17.1 Å². The second-order valence-electron chi connectivity index (χ2n) is 9.10. The van der Waals surface area contributed by atoms with Crippen LogP contribution in [0.5, 0.6) is 0 Å². The molecule has 0 aromatic heterocycles. The fourth-order valence-electron chi connectivity index (χ4n) is 4.87. The SMILES string of the molecule is CC(=O)Nc1cccc([C@H]2O[C@@H](CN3CCC[C@H]3CO)[C@@H](C)[C@@H](c3ccc(CO)cc3)O2)c1. The molecule has 5 atom stereocenters. The van der Waals surface area contributed by atoms with Crippen LogP contribution < -0.4 is 5.32 Å². The number of hydrogen-bond donors (Lipinski definition) is 3.